The largest absolute Gasteiger partial charge is 0.454 e. The maximum atomic E-state index is 5.90. The molecule has 1 aromatic rings. The lowest BCUT2D eigenvalue weighted by Crippen LogP contribution is -2.28. The van der Waals surface area contributed by atoms with Gasteiger partial charge in [0.05, 0.1) is 0 Å². The highest BCUT2D eigenvalue weighted by atomic mass is 16.7. The minimum Gasteiger partial charge on any atom is -0.454 e. The van der Waals surface area contributed by atoms with E-state index in [1.807, 2.05) is 12.1 Å². The minimum atomic E-state index is 0.334. The maximum Gasteiger partial charge on any atom is 0.231 e. The summed E-state index contributed by atoms with van der Waals surface area (Å²) in [6.45, 7) is 1.16. The molecule has 1 aliphatic heterocycles. The van der Waals surface area contributed by atoms with Crippen molar-refractivity contribution in [3.05, 3.63) is 23.8 Å². The van der Waals surface area contributed by atoms with Crippen molar-refractivity contribution in [1.29, 1.82) is 0 Å². The van der Waals surface area contributed by atoms with E-state index in [0.717, 1.165) is 30.9 Å². The molecular weight excluding hydrogens is 216 g/mol. The normalized spacial score (nSPS) is 26.4. The molecule has 1 saturated carbocycles. The SMILES string of the molecule is NC1CCC(NCc2cccc3c2OCO3)C1. The van der Waals surface area contributed by atoms with Crippen LogP contribution < -0.4 is 20.5 Å². The third-order valence-corrected chi connectivity index (χ3v) is 3.53. The molecule has 0 aromatic heterocycles. The van der Waals surface area contributed by atoms with Crippen molar-refractivity contribution >= 4 is 0 Å². The summed E-state index contributed by atoms with van der Waals surface area (Å²) in [4.78, 5) is 0. The van der Waals surface area contributed by atoms with E-state index in [2.05, 4.69) is 11.4 Å². The average Bonchev–Trinajstić information content (AvgIpc) is 2.94. The van der Waals surface area contributed by atoms with Crippen LogP contribution in [0.25, 0.3) is 0 Å². The smallest absolute Gasteiger partial charge is 0.231 e. The van der Waals surface area contributed by atoms with Crippen molar-refractivity contribution in [2.45, 2.75) is 37.9 Å². The lowest BCUT2D eigenvalue weighted by molar-refractivity contribution is 0.173. The molecule has 2 aliphatic rings. The molecule has 4 heteroatoms. The first-order chi connectivity index (χ1) is 8.33. The highest BCUT2D eigenvalue weighted by Gasteiger charge is 2.22. The van der Waals surface area contributed by atoms with Gasteiger partial charge in [0.25, 0.3) is 0 Å². The topological polar surface area (TPSA) is 56.5 Å². The van der Waals surface area contributed by atoms with E-state index < -0.39 is 0 Å². The quantitative estimate of drug-likeness (QED) is 0.829. The zero-order valence-corrected chi connectivity index (χ0v) is 9.82. The van der Waals surface area contributed by atoms with Crippen LogP contribution in [-0.4, -0.2) is 18.9 Å². The van der Waals surface area contributed by atoms with Crippen LogP contribution in [0.3, 0.4) is 0 Å². The van der Waals surface area contributed by atoms with Crippen LogP contribution in [0.5, 0.6) is 11.5 Å². The fourth-order valence-corrected chi connectivity index (χ4v) is 2.59. The van der Waals surface area contributed by atoms with Gasteiger partial charge in [0.15, 0.2) is 11.5 Å². The number of rotatable bonds is 3. The number of hydrogen-bond donors (Lipinski definition) is 2. The van der Waals surface area contributed by atoms with Crippen LogP contribution in [0.2, 0.25) is 0 Å². The number of nitrogens with one attached hydrogen (secondary N) is 1. The first-order valence-corrected chi connectivity index (χ1v) is 6.19. The molecule has 17 heavy (non-hydrogen) atoms. The van der Waals surface area contributed by atoms with Gasteiger partial charge in [-0.1, -0.05) is 12.1 Å². The molecule has 4 nitrogen and oxygen atoms in total. The third-order valence-electron chi connectivity index (χ3n) is 3.53. The van der Waals surface area contributed by atoms with E-state index in [9.17, 15) is 0 Å². The van der Waals surface area contributed by atoms with E-state index >= 15 is 0 Å². The van der Waals surface area contributed by atoms with Gasteiger partial charge in [-0.3, -0.25) is 0 Å². The molecule has 0 spiro atoms. The fourth-order valence-electron chi connectivity index (χ4n) is 2.59. The van der Waals surface area contributed by atoms with Crippen LogP contribution >= 0.6 is 0 Å². The van der Waals surface area contributed by atoms with Gasteiger partial charge in [0.2, 0.25) is 6.79 Å². The lowest BCUT2D eigenvalue weighted by atomic mass is 10.1. The predicted molar refractivity (Wildman–Crippen MR) is 65.0 cm³/mol. The molecule has 0 saturated heterocycles. The molecule has 0 amide bonds. The van der Waals surface area contributed by atoms with Gasteiger partial charge in [-0.25, -0.2) is 0 Å². The number of para-hydroxylation sites is 1. The molecule has 2 atom stereocenters. The summed E-state index contributed by atoms with van der Waals surface area (Å²) >= 11 is 0. The Hall–Kier alpha value is -1.26. The molecule has 1 fully saturated rings. The summed E-state index contributed by atoms with van der Waals surface area (Å²) in [6.07, 6.45) is 3.38. The van der Waals surface area contributed by atoms with Gasteiger partial charge in [0, 0.05) is 24.2 Å². The van der Waals surface area contributed by atoms with Crippen molar-refractivity contribution < 1.29 is 9.47 Å². The fraction of sp³-hybridized carbons (Fsp3) is 0.538. The van der Waals surface area contributed by atoms with E-state index in [0.29, 0.717) is 18.9 Å². The molecule has 3 N–H and O–H groups in total. The van der Waals surface area contributed by atoms with Crippen molar-refractivity contribution in [2.24, 2.45) is 5.73 Å². The Balaban J connectivity index is 1.64. The van der Waals surface area contributed by atoms with Crippen LogP contribution in [0.15, 0.2) is 18.2 Å². The summed E-state index contributed by atoms with van der Waals surface area (Å²) in [5.41, 5.74) is 7.07. The zero-order chi connectivity index (χ0) is 11.7. The minimum absolute atomic E-state index is 0.334. The molecule has 0 radical (unpaired) electrons. The number of fused-ring (bicyclic) bond motifs is 1. The maximum absolute atomic E-state index is 5.90. The first kappa shape index (κ1) is 10.9. The van der Waals surface area contributed by atoms with Crippen molar-refractivity contribution in [3.8, 4) is 11.5 Å². The van der Waals surface area contributed by atoms with Crippen LogP contribution in [0.4, 0.5) is 0 Å². The Morgan fingerprint density at radius 1 is 1.29 bits per heavy atom. The number of nitrogens with two attached hydrogens (primary N) is 1. The van der Waals surface area contributed by atoms with Gasteiger partial charge >= 0.3 is 0 Å². The van der Waals surface area contributed by atoms with Gasteiger partial charge in [-0.05, 0) is 25.3 Å². The molecule has 1 aromatic carbocycles. The number of ether oxygens (including phenoxy) is 2. The molecule has 92 valence electrons. The molecule has 2 unspecified atom stereocenters. The third kappa shape index (κ3) is 2.23. The highest BCUT2D eigenvalue weighted by Crippen LogP contribution is 2.35. The van der Waals surface area contributed by atoms with Crippen LogP contribution in [-0.2, 0) is 6.54 Å². The van der Waals surface area contributed by atoms with E-state index in [1.165, 1.54) is 12.0 Å². The van der Waals surface area contributed by atoms with Crippen molar-refractivity contribution in [1.82, 2.24) is 5.32 Å². The highest BCUT2D eigenvalue weighted by molar-refractivity contribution is 5.48. The first-order valence-electron chi connectivity index (χ1n) is 6.19. The van der Waals surface area contributed by atoms with Gasteiger partial charge in [-0.2, -0.15) is 0 Å². The average molecular weight is 234 g/mol. The zero-order valence-electron chi connectivity index (χ0n) is 9.82. The summed E-state index contributed by atoms with van der Waals surface area (Å²) < 4.78 is 10.8. The molecule has 1 heterocycles. The van der Waals surface area contributed by atoms with Crippen LogP contribution in [0, 0.1) is 0 Å². The Morgan fingerprint density at radius 3 is 3.06 bits per heavy atom. The Kier molecular flexibility index (Phi) is 2.91. The monoisotopic (exact) mass is 234 g/mol. The Bertz CT molecular complexity index is 408. The summed E-state index contributed by atoms with van der Waals surface area (Å²) in [5.74, 6) is 1.75. The summed E-state index contributed by atoms with van der Waals surface area (Å²) in [5, 5.41) is 3.54. The second kappa shape index (κ2) is 4.55. The standard InChI is InChI=1S/C13H18N2O2/c14-10-4-5-11(6-10)15-7-9-2-1-3-12-13(9)17-8-16-12/h1-3,10-11,15H,4-8,14H2. The lowest BCUT2D eigenvalue weighted by Gasteiger charge is -2.13. The van der Waals surface area contributed by atoms with Gasteiger partial charge in [-0.15, -0.1) is 0 Å². The van der Waals surface area contributed by atoms with Crippen molar-refractivity contribution in [2.75, 3.05) is 6.79 Å². The molecule has 0 bridgehead atoms. The van der Waals surface area contributed by atoms with E-state index in [4.69, 9.17) is 15.2 Å². The van der Waals surface area contributed by atoms with E-state index in [-0.39, 0.29) is 0 Å². The van der Waals surface area contributed by atoms with Crippen molar-refractivity contribution in [3.63, 3.8) is 0 Å². The van der Waals surface area contributed by atoms with Gasteiger partial charge < -0.3 is 20.5 Å². The summed E-state index contributed by atoms with van der Waals surface area (Å²) in [6, 6.07) is 6.94. The Labute approximate surface area is 101 Å². The molecule has 1 aliphatic carbocycles. The number of hydrogen-bond acceptors (Lipinski definition) is 4. The summed E-state index contributed by atoms with van der Waals surface area (Å²) in [7, 11) is 0. The Morgan fingerprint density at radius 2 is 2.24 bits per heavy atom. The second-order valence-electron chi connectivity index (χ2n) is 4.80. The predicted octanol–water partition coefficient (Wildman–Crippen LogP) is 1.38. The van der Waals surface area contributed by atoms with Gasteiger partial charge in [0.1, 0.15) is 0 Å². The molecular formula is C13H18N2O2. The van der Waals surface area contributed by atoms with E-state index in [1.54, 1.807) is 0 Å². The second-order valence-corrected chi connectivity index (χ2v) is 4.80. The molecule has 3 rings (SSSR count). The van der Waals surface area contributed by atoms with Crippen LogP contribution in [0.1, 0.15) is 24.8 Å². The number of benzene rings is 1.